The highest BCUT2D eigenvalue weighted by Gasteiger charge is 2.41. The molecule has 0 aliphatic heterocycles. The molecule has 0 saturated heterocycles. The minimum Gasteiger partial charge on any atom is -0.481 e. The summed E-state index contributed by atoms with van der Waals surface area (Å²) in [5.74, 6) is 4.61. The van der Waals surface area contributed by atoms with E-state index in [0.717, 1.165) is 19.3 Å². The van der Waals surface area contributed by atoms with Gasteiger partial charge < -0.3 is 10.4 Å². The van der Waals surface area contributed by atoms with Gasteiger partial charge in [-0.2, -0.15) is 0 Å². The SMILES string of the molecule is CC#CCCNC(=O)CC1(C(=O)O)CCCCC1. The molecule has 0 aromatic carbocycles. The van der Waals surface area contributed by atoms with E-state index >= 15 is 0 Å². The third-order valence-electron chi connectivity index (χ3n) is 3.51. The lowest BCUT2D eigenvalue weighted by Gasteiger charge is -2.32. The number of carbonyl (C=O) groups is 2. The highest BCUT2D eigenvalue weighted by atomic mass is 16.4. The molecule has 0 spiro atoms. The number of carboxylic acids is 1. The summed E-state index contributed by atoms with van der Waals surface area (Å²) < 4.78 is 0. The summed E-state index contributed by atoms with van der Waals surface area (Å²) in [5.41, 5.74) is -0.835. The van der Waals surface area contributed by atoms with E-state index in [1.54, 1.807) is 6.92 Å². The highest BCUT2D eigenvalue weighted by Crippen LogP contribution is 2.39. The topological polar surface area (TPSA) is 66.4 Å². The Morgan fingerprint density at radius 3 is 2.50 bits per heavy atom. The summed E-state index contributed by atoms with van der Waals surface area (Å²) in [6.07, 6.45) is 4.82. The molecule has 0 atom stereocenters. The second-order valence-corrected chi connectivity index (χ2v) is 4.85. The molecule has 1 saturated carbocycles. The van der Waals surface area contributed by atoms with Crippen LogP contribution in [0.25, 0.3) is 0 Å². The first-order valence-electron chi connectivity index (χ1n) is 6.50. The van der Waals surface area contributed by atoms with Crippen LogP contribution in [0.2, 0.25) is 0 Å². The summed E-state index contributed by atoms with van der Waals surface area (Å²) in [6.45, 7) is 2.25. The molecule has 1 aliphatic rings. The van der Waals surface area contributed by atoms with Gasteiger partial charge in [-0.25, -0.2) is 0 Å². The Balaban J connectivity index is 2.47. The molecule has 1 fully saturated rings. The van der Waals surface area contributed by atoms with Crippen LogP contribution in [0.1, 0.15) is 51.9 Å². The zero-order valence-electron chi connectivity index (χ0n) is 10.9. The monoisotopic (exact) mass is 251 g/mol. The van der Waals surface area contributed by atoms with Crippen molar-refractivity contribution in [1.82, 2.24) is 5.32 Å². The first kappa shape index (κ1) is 14.6. The average Bonchev–Trinajstić information content (AvgIpc) is 2.35. The highest BCUT2D eigenvalue weighted by molar-refractivity contribution is 5.85. The van der Waals surface area contributed by atoms with E-state index < -0.39 is 11.4 Å². The van der Waals surface area contributed by atoms with Crippen molar-refractivity contribution in [2.24, 2.45) is 5.41 Å². The van der Waals surface area contributed by atoms with E-state index in [1.807, 2.05) is 0 Å². The van der Waals surface area contributed by atoms with Crippen molar-refractivity contribution in [2.45, 2.75) is 51.9 Å². The number of carboxylic acid groups (broad SMARTS) is 1. The number of hydrogen-bond donors (Lipinski definition) is 2. The standard InChI is InChI=1S/C14H21NO3/c1-2-3-7-10-15-12(16)11-14(13(17)18)8-5-4-6-9-14/h4-11H2,1H3,(H,15,16)(H,17,18). The van der Waals surface area contributed by atoms with Gasteiger partial charge in [-0.05, 0) is 19.8 Å². The van der Waals surface area contributed by atoms with E-state index in [2.05, 4.69) is 17.2 Å². The van der Waals surface area contributed by atoms with Crippen molar-refractivity contribution in [3.8, 4) is 11.8 Å². The van der Waals surface area contributed by atoms with Crippen molar-refractivity contribution in [3.05, 3.63) is 0 Å². The Labute approximate surface area is 108 Å². The maximum Gasteiger partial charge on any atom is 0.310 e. The van der Waals surface area contributed by atoms with Gasteiger partial charge in [-0.15, -0.1) is 11.8 Å². The molecule has 0 aromatic rings. The molecule has 1 aliphatic carbocycles. The molecule has 18 heavy (non-hydrogen) atoms. The van der Waals surface area contributed by atoms with Crippen LogP contribution in [-0.4, -0.2) is 23.5 Å². The fourth-order valence-corrected chi connectivity index (χ4v) is 2.45. The maximum atomic E-state index is 11.8. The minimum atomic E-state index is -0.835. The van der Waals surface area contributed by atoms with Crippen LogP contribution >= 0.6 is 0 Å². The number of nitrogens with one attached hydrogen (secondary N) is 1. The van der Waals surface area contributed by atoms with Crippen molar-refractivity contribution in [2.75, 3.05) is 6.54 Å². The van der Waals surface area contributed by atoms with Gasteiger partial charge in [0, 0.05) is 19.4 Å². The van der Waals surface area contributed by atoms with Crippen molar-refractivity contribution < 1.29 is 14.7 Å². The summed E-state index contributed by atoms with van der Waals surface area (Å²) in [5, 5.41) is 12.1. The third kappa shape index (κ3) is 4.06. The zero-order chi connectivity index (χ0) is 13.4. The molecule has 0 unspecified atom stereocenters. The molecular formula is C14H21NO3. The van der Waals surface area contributed by atoms with E-state index in [-0.39, 0.29) is 12.3 Å². The van der Waals surface area contributed by atoms with Gasteiger partial charge in [0.15, 0.2) is 0 Å². The Morgan fingerprint density at radius 2 is 1.94 bits per heavy atom. The third-order valence-corrected chi connectivity index (χ3v) is 3.51. The van der Waals surface area contributed by atoms with E-state index in [9.17, 15) is 14.7 Å². The molecule has 1 rings (SSSR count). The van der Waals surface area contributed by atoms with Crippen LogP contribution < -0.4 is 5.32 Å². The molecule has 4 heteroatoms. The lowest BCUT2D eigenvalue weighted by molar-refractivity contribution is -0.154. The summed E-state index contributed by atoms with van der Waals surface area (Å²) >= 11 is 0. The molecule has 0 aromatic heterocycles. The number of aliphatic carboxylic acids is 1. The second-order valence-electron chi connectivity index (χ2n) is 4.85. The van der Waals surface area contributed by atoms with Crippen LogP contribution in [0, 0.1) is 17.3 Å². The predicted molar refractivity (Wildman–Crippen MR) is 68.8 cm³/mol. The predicted octanol–water partition coefficient (Wildman–Crippen LogP) is 1.94. The van der Waals surface area contributed by atoms with Gasteiger partial charge in [0.1, 0.15) is 0 Å². The Morgan fingerprint density at radius 1 is 1.28 bits per heavy atom. The van der Waals surface area contributed by atoms with E-state index in [4.69, 9.17) is 0 Å². The van der Waals surface area contributed by atoms with Crippen LogP contribution in [0.4, 0.5) is 0 Å². The fourth-order valence-electron chi connectivity index (χ4n) is 2.45. The van der Waals surface area contributed by atoms with Gasteiger partial charge in [0.2, 0.25) is 5.91 Å². The Bertz CT molecular complexity index is 359. The Kier molecular flexibility index (Phi) is 5.70. The molecule has 0 heterocycles. The van der Waals surface area contributed by atoms with Crippen molar-refractivity contribution in [3.63, 3.8) is 0 Å². The summed E-state index contributed by atoms with van der Waals surface area (Å²) in [6, 6.07) is 0. The fraction of sp³-hybridized carbons (Fsp3) is 0.714. The molecule has 0 radical (unpaired) electrons. The van der Waals surface area contributed by atoms with Crippen molar-refractivity contribution in [1.29, 1.82) is 0 Å². The van der Waals surface area contributed by atoms with Crippen LogP contribution in [0.3, 0.4) is 0 Å². The molecule has 4 nitrogen and oxygen atoms in total. The normalized spacial score (nSPS) is 17.4. The lowest BCUT2D eigenvalue weighted by atomic mass is 9.71. The molecular weight excluding hydrogens is 230 g/mol. The van der Waals surface area contributed by atoms with Gasteiger partial charge in [-0.1, -0.05) is 19.3 Å². The van der Waals surface area contributed by atoms with Crippen LogP contribution in [0.5, 0.6) is 0 Å². The largest absolute Gasteiger partial charge is 0.481 e. The quantitative estimate of drug-likeness (QED) is 0.579. The summed E-state index contributed by atoms with van der Waals surface area (Å²) in [4.78, 5) is 23.1. The number of hydrogen-bond acceptors (Lipinski definition) is 2. The average molecular weight is 251 g/mol. The number of rotatable bonds is 5. The smallest absolute Gasteiger partial charge is 0.310 e. The lowest BCUT2D eigenvalue weighted by Crippen LogP contribution is -2.39. The molecule has 0 bridgehead atoms. The zero-order valence-corrected chi connectivity index (χ0v) is 10.9. The second kappa shape index (κ2) is 7.05. The van der Waals surface area contributed by atoms with Crippen molar-refractivity contribution >= 4 is 11.9 Å². The summed E-state index contributed by atoms with van der Waals surface area (Å²) in [7, 11) is 0. The molecule has 100 valence electrons. The maximum absolute atomic E-state index is 11.8. The van der Waals surface area contributed by atoms with E-state index in [0.29, 0.717) is 25.8 Å². The van der Waals surface area contributed by atoms with Gasteiger partial charge >= 0.3 is 5.97 Å². The number of amides is 1. The molecule has 1 amide bonds. The first-order chi connectivity index (χ1) is 8.60. The Hall–Kier alpha value is -1.50. The van der Waals surface area contributed by atoms with Gasteiger partial charge in [0.25, 0.3) is 0 Å². The number of carbonyl (C=O) groups excluding carboxylic acids is 1. The first-order valence-corrected chi connectivity index (χ1v) is 6.50. The van der Waals surface area contributed by atoms with Gasteiger partial charge in [-0.3, -0.25) is 9.59 Å². The van der Waals surface area contributed by atoms with Crippen LogP contribution in [0.15, 0.2) is 0 Å². The minimum absolute atomic E-state index is 0.0991. The van der Waals surface area contributed by atoms with Crippen LogP contribution in [-0.2, 0) is 9.59 Å². The van der Waals surface area contributed by atoms with Gasteiger partial charge in [0.05, 0.1) is 5.41 Å². The molecule has 2 N–H and O–H groups in total. The van der Waals surface area contributed by atoms with E-state index in [1.165, 1.54) is 0 Å².